The van der Waals surface area contributed by atoms with Crippen molar-refractivity contribution < 1.29 is 14.6 Å². The quantitative estimate of drug-likeness (QED) is 0.666. The van der Waals surface area contributed by atoms with E-state index in [0.717, 1.165) is 56.9 Å². The number of hydrogen-bond acceptors (Lipinski definition) is 2. The largest absolute Gasteiger partial charge is 0.393 e. The van der Waals surface area contributed by atoms with Crippen LogP contribution in [0.1, 0.15) is 72.1 Å². The molecule has 3 fully saturated rings. The summed E-state index contributed by atoms with van der Waals surface area (Å²) in [5.74, 6) is 1.89. The van der Waals surface area contributed by atoms with Crippen LogP contribution < -0.4 is 0 Å². The normalized spacial score (nSPS) is 49.8. The van der Waals surface area contributed by atoms with Crippen LogP contribution in [-0.2, 0) is 0 Å². The smallest absolute Gasteiger partial charge is 0.125 e. The highest BCUT2D eigenvalue weighted by Gasteiger charge is 2.58. The van der Waals surface area contributed by atoms with Gasteiger partial charge in [-0.15, -0.1) is 0 Å². The average Bonchev–Trinajstić information content (AvgIpc) is 2.99. The van der Waals surface area contributed by atoms with Gasteiger partial charge in [0.15, 0.2) is 0 Å². The van der Waals surface area contributed by atoms with Crippen LogP contribution in [0.3, 0.4) is 0 Å². The van der Waals surface area contributed by atoms with Gasteiger partial charge in [0.25, 0.3) is 0 Å². The Kier molecular flexibility index (Phi) is 4.63. The van der Waals surface area contributed by atoms with E-state index < -0.39 is 6.61 Å². The Hall–Kier alpha value is -0.670. The molecule has 0 bridgehead atoms. The topological polar surface area (TPSA) is 40.5 Å². The first kappa shape index (κ1) is 18.7. The molecule has 3 heteroatoms. The second kappa shape index (κ2) is 6.44. The van der Waals surface area contributed by atoms with Crippen LogP contribution >= 0.6 is 0 Å². The molecule has 0 aromatic rings. The summed E-state index contributed by atoms with van der Waals surface area (Å²) in [6, 6.07) is 0. The Bertz CT molecular complexity index is 638. The van der Waals surface area contributed by atoms with E-state index in [9.17, 15) is 14.6 Å². The molecule has 0 saturated heterocycles. The van der Waals surface area contributed by atoms with Gasteiger partial charge in [-0.05, 0) is 85.5 Å². The molecule has 7 atom stereocenters. The van der Waals surface area contributed by atoms with E-state index in [0.29, 0.717) is 23.7 Å². The highest BCUT2D eigenvalue weighted by molar-refractivity contribution is 5.31. The third kappa shape index (κ3) is 2.42. The van der Waals surface area contributed by atoms with Crippen molar-refractivity contribution in [2.75, 3.05) is 6.61 Å². The summed E-state index contributed by atoms with van der Waals surface area (Å²) in [4.78, 5) is 0. The number of aliphatic hydroxyl groups excluding tert-OH is 2. The molecule has 0 heterocycles. The molecule has 0 aromatic heterocycles. The molecule has 4 rings (SSSR count). The zero-order chi connectivity index (χ0) is 18.7. The fourth-order valence-electron chi connectivity index (χ4n) is 7.72. The first-order valence-corrected chi connectivity index (χ1v) is 10.7. The first-order valence-electron chi connectivity index (χ1n) is 10.7. The van der Waals surface area contributed by atoms with Crippen molar-refractivity contribution >= 4 is 0 Å². The molecule has 0 aliphatic heterocycles. The van der Waals surface area contributed by atoms with Crippen molar-refractivity contribution in [1.82, 2.24) is 0 Å². The van der Waals surface area contributed by atoms with Gasteiger partial charge in [-0.2, -0.15) is 0 Å². The molecule has 3 saturated carbocycles. The van der Waals surface area contributed by atoms with Gasteiger partial charge in [-0.1, -0.05) is 32.4 Å². The molecular weight excluding hydrogens is 327 g/mol. The molecular formula is C23H35FO2. The van der Waals surface area contributed by atoms with Crippen LogP contribution in [-0.4, -0.2) is 22.9 Å². The second-order valence-corrected chi connectivity index (χ2v) is 9.85. The van der Waals surface area contributed by atoms with E-state index in [2.05, 4.69) is 26.8 Å². The van der Waals surface area contributed by atoms with Crippen LogP contribution in [0.4, 0.5) is 4.39 Å². The monoisotopic (exact) mass is 362 g/mol. The number of rotatable bonds is 2. The molecule has 0 spiro atoms. The molecule has 0 amide bonds. The maximum Gasteiger partial charge on any atom is 0.125 e. The lowest BCUT2D eigenvalue weighted by atomic mass is 9.46. The fourth-order valence-corrected chi connectivity index (χ4v) is 7.72. The lowest BCUT2D eigenvalue weighted by Gasteiger charge is -2.58. The van der Waals surface area contributed by atoms with Gasteiger partial charge < -0.3 is 10.2 Å². The van der Waals surface area contributed by atoms with Crippen LogP contribution in [0.25, 0.3) is 0 Å². The second-order valence-electron chi connectivity index (χ2n) is 9.85. The summed E-state index contributed by atoms with van der Waals surface area (Å²) in [6.45, 7) is 6.47. The summed E-state index contributed by atoms with van der Waals surface area (Å²) >= 11 is 0. The van der Waals surface area contributed by atoms with Gasteiger partial charge in [0.1, 0.15) is 5.83 Å². The fraction of sp³-hybridized carbons (Fsp3) is 0.826. The zero-order valence-corrected chi connectivity index (χ0v) is 16.6. The van der Waals surface area contributed by atoms with Gasteiger partial charge in [-0.3, -0.25) is 0 Å². The Balaban J connectivity index is 1.70. The third-order valence-corrected chi connectivity index (χ3v) is 9.04. The van der Waals surface area contributed by atoms with Crippen molar-refractivity contribution in [1.29, 1.82) is 0 Å². The molecule has 2 N–H and O–H groups in total. The summed E-state index contributed by atoms with van der Waals surface area (Å²) < 4.78 is 14.4. The van der Waals surface area contributed by atoms with Crippen molar-refractivity contribution in [3.05, 3.63) is 23.0 Å². The highest BCUT2D eigenvalue weighted by atomic mass is 19.1. The molecule has 146 valence electrons. The first-order chi connectivity index (χ1) is 12.4. The standard InChI is InChI=1S/C23H35FO2/c1-4-14-16-6-5-15-17-7-8-19(20(24)13-25)23(17,3)11-9-18(15)22(16,2)12-10-21(14)26/h6,14-15,17-18,21,25-26H,4-5,7-13H2,1-3H3/t14?,15-,17-,18-,21-,22-,23-/m0/s1. The van der Waals surface area contributed by atoms with E-state index in [4.69, 9.17) is 0 Å². The van der Waals surface area contributed by atoms with Crippen molar-refractivity contribution in [3.63, 3.8) is 0 Å². The minimum absolute atomic E-state index is 0.0615. The summed E-state index contributed by atoms with van der Waals surface area (Å²) in [5.41, 5.74) is 2.59. The summed E-state index contributed by atoms with van der Waals surface area (Å²) in [7, 11) is 0. The Morgan fingerprint density at radius 1 is 1.15 bits per heavy atom. The summed E-state index contributed by atoms with van der Waals surface area (Å²) in [5, 5.41) is 19.9. The lowest BCUT2D eigenvalue weighted by Crippen LogP contribution is -2.51. The van der Waals surface area contributed by atoms with E-state index in [1.165, 1.54) is 5.57 Å². The van der Waals surface area contributed by atoms with Crippen LogP contribution in [0.5, 0.6) is 0 Å². The Morgan fingerprint density at radius 2 is 1.85 bits per heavy atom. The number of fused-ring (bicyclic) bond motifs is 5. The molecule has 2 nitrogen and oxygen atoms in total. The SMILES string of the molecule is CCC1C2=CC[C@@H]3[C@H](CC[C@]4(C)C(=C(F)CO)CC[C@@H]34)[C@@]2(C)CC[C@@H]1O. The lowest BCUT2D eigenvalue weighted by molar-refractivity contribution is -0.0419. The maximum atomic E-state index is 14.4. The minimum atomic E-state index is -0.441. The number of aliphatic hydroxyl groups is 2. The van der Waals surface area contributed by atoms with Crippen molar-refractivity contribution in [2.24, 2.45) is 34.5 Å². The van der Waals surface area contributed by atoms with E-state index >= 15 is 0 Å². The zero-order valence-electron chi connectivity index (χ0n) is 16.6. The number of allylic oxidation sites excluding steroid dienone is 2. The number of halogens is 1. The van der Waals surface area contributed by atoms with Gasteiger partial charge in [0.05, 0.1) is 12.7 Å². The van der Waals surface area contributed by atoms with Crippen LogP contribution in [0, 0.1) is 34.5 Å². The third-order valence-electron chi connectivity index (χ3n) is 9.04. The van der Waals surface area contributed by atoms with Gasteiger partial charge in [-0.25, -0.2) is 4.39 Å². The van der Waals surface area contributed by atoms with E-state index in [-0.39, 0.29) is 22.8 Å². The van der Waals surface area contributed by atoms with E-state index in [1.54, 1.807) is 0 Å². The molecule has 26 heavy (non-hydrogen) atoms. The Morgan fingerprint density at radius 3 is 2.54 bits per heavy atom. The molecule has 0 aromatic carbocycles. The van der Waals surface area contributed by atoms with Crippen molar-refractivity contribution in [3.8, 4) is 0 Å². The molecule has 4 aliphatic carbocycles. The van der Waals surface area contributed by atoms with Gasteiger partial charge >= 0.3 is 0 Å². The highest BCUT2D eigenvalue weighted by Crippen LogP contribution is 2.67. The maximum absolute atomic E-state index is 14.4. The van der Waals surface area contributed by atoms with Crippen LogP contribution in [0.2, 0.25) is 0 Å². The predicted octanol–water partition coefficient (Wildman–Crippen LogP) is 5.16. The molecule has 1 unspecified atom stereocenters. The average molecular weight is 363 g/mol. The van der Waals surface area contributed by atoms with Gasteiger partial charge in [0, 0.05) is 5.92 Å². The number of hydrogen-bond donors (Lipinski definition) is 2. The molecule has 0 radical (unpaired) electrons. The minimum Gasteiger partial charge on any atom is -0.393 e. The predicted molar refractivity (Wildman–Crippen MR) is 102 cm³/mol. The van der Waals surface area contributed by atoms with Crippen molar-refractivity contribution in [2.45, 2.75) is 78.2 Å². The molecule has 4 aliphatic rings. The van der Waals surface area contributed by atoms with Crippen LogP contribution in [0.15, 0.2) is 23.0 Å². The Labute approximate surface area is 157 Å². The van der Waals surface area contributed by atoms with Gasteiger partial charge in [0.2, 0.25) is 0 Å². The van der Waals surface area contributed by atoms with E-state index in [1.807, 2.05) is 0 Å². The summed E-state index contributed by atoms with van der Waals surface area (Å²) in [6.07, 6.45) is 10.5.